The molecule has 0 radical (unpaired) electrons. The average molecular weight is 315 g/mol. The number of carbonyl (C=O) groups excluding carboxylic acids is 1. The van der Waals surface area contributed by atoms with Crippen LogP contribution < -0.4 is 10.6 Å². The number of halogens is 2. The summed E-state index contributed by atoms with van der Waals surface area (Å²) in [6, 6.07) is 5.45. The molecule has 110 valence electrons. The van der Waals surface area contributed by atoms with E-state index < -0.39 is 0 Å². The van der Waals surface area contributed by atoms with Gasteiger partial charge in [0.1, 0.15) is 0 Å². The monoisotopic (exact) mass is 314 g/mol. The van der Waals surface area contributed by atoms with Crippen LogP contribution in [0.2, 0.25) is 10.0 Å². The van der Waals surface area contributed by atoms with Crippen LogP contribution in [-0.4, -0.2) is 25.5 Å². The van der Waals surface area contributed by atoms with Crippen molar-refractivity contribution in [3.05, 3.63) is 33.8 Å². The minimum Gasteiger partial charge on any atom is -0.356 e. The lowest BCUT2D eigenvalue weighted by molar-refractivity contribution is -0.122. The molecular weight excluding hydrogens is 295 g/mol. The zero-order chi connectivity index (χ0) is 14.4. The largest absolute Gasteiger partial charge is 0.356 e. The van der Waals surface area contributed by atoms with Crippen LogP contribution >= 0.6 is 23.2 Å². The molecule has 0 aliphatic carbocycles. The van der Waals surface area contributed by atoms with E-state index in [0.29, 0.717) is 28.9 Å². The SMILES string of the molecule is O=C(CC1CCCNC1)NCCc1ccc(Cl)cc1Cl. The van der Waals surface area contributed by atoms with E-state index in [1.165, 1.54) is 6.42 Å². The molecule has 1 aliphatic heterocycles. The van der Waals surface area contributed by atoms with Crippen LogP contribution in [0.1, 0.15) is 24.8 Å². The fraction of sp³-hybridized carbons (Fsp3) is 0.533. The Kier molecular flexibility index (Phi) is 6.14. The van der Waals surface area contributed by atoms with Crippen LogP contribution in [0.25, 0.3) is 0 Å². The molecule has 1 amide bonds. The van der Waals surface area contributed by atoms with Gasteiger partial charge in [-0.25, -0.2) is 0 Å². The smallest absolute Gasteiger partial charge is 0.220 e. The maximum Gasteiger partial charge on any atom is 0.220 e. The molecule has 0 saturated carbocycles. The number of rotatable bonds is 5. The zero-order valence-corrected chi connectivity index (χ0v) is 12.9. The van der Waals surface area contributed by atoms with E-state index in [9.17, 15) is 4.79 Å². The van der Waals surface area contributed by atoms with E-state index >= 15 is 0 Å². The molecule has 1 atom stereocenters. The zero-order valence-electron chi connectivity index (χ0n) is 11.4. The Morgan fingerprint density at radius 2 is 2.25 bits per heavy atom. The molecular formula is C15H20Cl2N2O. The first kappa shape index (κ1) is 15.6. The highest BCUT2D eigenvalue weighted by Crippen LogP contribution is 2.21. The maximum absolute atomic E-state index is 11.8. The van der Waals surface area contributed by atoms with Crippen molar-refractivity contribution < 1.29 is 4.79 Å². The first-order valence-electron chi connectivity index (χ1n) is 7.06. The fourth-order valence-electron chi connectivity index (χ4n) is 2.49. The van der Waals surface area contributed by atoms with E-state index in [1.807, 2.05) is 12.1 Å². The first-order chi connectivity index (χ1) is 9.65. The van der Waals surface area contributed by atoms with Crippen molar-refractivity contribution in [2.75, 3.05) is 19.6 Å². The van der Waals surface area contributed by atoms with Crippen LogP contribution in [0.15, 0.2) is 18.2 Å². The van der Waals surface area contributed by atoms with Gasteiger partial charge in [-0.2, -0.15) is 0 Å². The van der Waals surface area contributed by atoms with E-state index in [1.54, 1.807) is 6.07 Å². The number of nitrogens with one attached hydrogen (secondary N) is 2. The summed E-state index contributed by atoms with van der Waals surface area (Å²) in [6.07, 6.45) is 3.65. The molecule has 0 bridgehead atoms. The topological polar surface area (TPSA) is 41.1 Å². The molecule has 2 N–H and O–H groups in total. The van der Waals surface area contributed by atoms with Gasteiger partial charge < -0.3 is 10.6 Å². The Bertz CT molecular complexity index is 459. The van der Waals surface area contributed by atoms with Gasteiger partial charge in [-0.1, -0.05) is 29.3 Å². The van der Waals surface area contributed by atoms with Crippen LogP contribution in [-0.2, 0) is 11.2 Å². The molecule has 1 saturated heterocycles. The summed E-state index contributed by atoms with van der Waals surface area (Å²) in [5.41, 5.74) is 1.01. The van der Waals surface area contributed by atoms with Gasteiger partial charge in [0.05, 0.1) is 0 Å². The van der Waals surface area contributed by atoms with Gasteiger partial charge in [0.2, 0.25) is 5.91 Å². The Morgan fingerprint density at radius 1 is 1.40 bits per heavy atom. The second-order valence-corrected chi connectivity index (χ2v) is 6.10. The van der Waals surface area contributed by atoms with Crippen molar-refractivity contribution in [3.8, 4) is 0 Å². The highest BCUT2D eigenvalue weighted by molar-refractivity contribution is 6.35. The lowest BCUT2D eigenvalue weighted by atomic mass is 9.96. The normalized spacial score (nSPS) is 18.8. The molecule has 3 nitrogen and oxygen atoms in total. The number of carbonyl (C=O) groups is 1. The summed E-state index contributed by atoms with van der Waals surface area (Å²) < 4.78 is 0. The average Bonchev–Trinajstić information content (AvgIpc) is 2.42. The lowest BCUT2D eigenvalue weighted by Gasteiger charge is -2.22. The van der Waals surface area contributed by atoms with Gasteiger partial charge in [-0.05, 0) is 56.0 Å². The van der Waals surface area contributed by atoms with E-state index in [2.05, 4.69) is 10.6 Å². The summed E-state index contributed by atoms with van der Waals surface area (Å²) in [4.78, 5) is 11.8. The Labute approximate surface area is 130 Å². The van der Waals surface area contributed by atoms with Crippen molar-refractivity contribution in [3.63, 3.8) is 0 Å². The minimum absolute atomic E-state index is 0.129. The fourth-order valence-corrected chi connectivity index (χ4v) is 3.00. The molecule has 1 aliphatic rings. The third-order valence-corrected chi connectivity index (χ3v) is 4.19. The molecule has 2 rings (SSSR count). The van der Waals surface area contributed by atoms with Crippen molar-refractivity contribution in [1.29, 1.82) is 0 Å². The molecule has 1 fully saturated rings. The van der Waals surface area contributed by atoms with Crippen LogP contribution in [0, 0.1) is 5.92 Å². The number of benzene rings is 1. The lowest BCUT2D eigenvalue weighted by Crippen LogP contribution is -2.34. The van der Waals surface area contributed by atoms with Gasteiger partial charge in [-0.15, -0.1) is 0 Å². The second kappa shape index (κ2) is 7.87. The third kappa shape index (κ3) is 4.97. The highest BCUT2D eigenvalue weighted by Gasteiger charge is 2.16. The third-order valence-electron chi connectivity index (χ3n) is 3.60. The molecule has 0 spiro atoms. The van der Waals surface area contributed by atoms with E-state index in [-0.39, 0.29) is 5.91 Å². The van der Waals surface area contributed by atoms with Crippen LogP contribution in [0.4, 0.5) is 0 Å². The Balaban J connectivity index is 1.70. The van der Waals surface area contributed by atoms with Gasteiger partial charge >= 0.3 is 0 Å². The minimum atomic E-state index is 0.129. The quantitative estimate of drug-likeness (QED) is 0.877. The highest BCUT2D eigenvalue weighted by atomic mass is 35.5. The predicted octanol–water partition coefficient (Wildman–Crippen LogP) is 3.04. The first-order valence-corrected chi connectivity index (χ1v) is 7.82. The molecule has 1 aromatic carbocycles. The van der Waals surface area contributed by atoms with E-state index in [4.69, 9.17) is 23.2 Å². The van der Waals surface area contributed by atoms with Gasteiger partial charge in [0.25, 0.3) is 0 Å². The molecule has 1 aromatic rings. The van der Waals surface area contributed by atoms with Crippen molar-refractivity contribution in [2.24, 2.45) is 5.92 Å². The van der Waals surface area contributed by atoms with Gasteiger partial charge in [0, 0.05) is 23.0 Å². The molecule has 5 heteroatoms. The van der Waals surface area contributed by atoms with Crippen molar-refractivity contribution in [1.82, 2.24) is 10.6 Å². The summed E-state index contributed by atoms with van der Waals surface area (Å²) >= 11 is 11.9. The number of amides is 1. The molecule has 20 heavy (non-hydrogen) atoms. The predicted molar refractivity (Wildman–Crippen MR) is 83.4 cm³/mol. The molecule has 0 aromatic heterocycles. The Hall–Kier alpha value is -0.770. The number of hydrogen-bond acceptors (Lipinski definition) is 2. The number of hydrogen-bond donors (Lipinski definition) is 2. The molecule has 1 heterocycles. The van der Waals surface area contributed by atoms with Gasteiger partial charge in [-0.3, -0.25) is 4.79 Å². The van der Waals surface area contributed by atoms with Crippen LogP contribution in [0.3, 0.4) is 0 Å². The summed E-state index contributed by atoms with van der Waals surface area (Å²) in [5.74, 6) is 0.603. The second-order valence-electron chi connectivity index (χ2n) is 5.25. The summed E-state index contributed by atoms with van der Waals surface area (Å²) in [7, 11) is 0. The Morgan fingerprint density at radius 3 is 2.95 bits per heavy atom. The number of piperidine rings is 1. The standard InChI is InChI=1S/C15H20Cl2N2O/c16-13-4-3-12(14(17)9-13)5-7-19-15(20)8-11-2-1-6-18-10-11/h3-4,9,11,18H,1-2,5-8,10H2,(H,19,20). The van der Waals surface area contributed by atoms with E-state index in [0.717, 1.165) is 31.5 Å². The van der Waals surface area contributed by atoms with Gasteiger partial charge in [0.15, 0.2) is 0 Å². The van der Waals surface area contributed by atoms with Crippen molar-refractivity contribution in [2.45, 2.75) is 25.7 Å². The van der Waals surface area contributed by atoms with Crippen molar-refractivity contribution >= 4 is 29.1 Å². The molecule has 1 unspecified atom stereocenters. The summed E-state index contributed by atoms with van der Waals surface area (Å²) in [6.45, 7) is 2.64. The maximum atomic E-state index is 11.8. The summed E-state index contributed by atoms with van der Waals surface area (Å²) in [5, 5.41) is 7.57. The van der Waals surface area contributed by atoms with Crippen LogP contribution in [0.5, 0.6) is 0 Å².